The van der Waals surface area contributed by atoms with E-state index in [9.17, 15) is 14.9 Å². The molecule has 1 amide bonds. The summed E-state index contributed by atoms with van der Waals surface area (Å²) >= 11 is 5.06. The number of benzene rings is 2. The van der Waals surface area contributed by atoms with Crippen LogP contribution in [0.5, 0.6) is 11.5 Å². The molecule has 134 valence electrons. The predicted octanol–water partition coefficient (Wildman–Crippen LogP) is 1.75. The molecular weight excluding hydrogens is 360 g/mol. The molecule has 1 aliphatic heterocycles. The van der Waals surface area contributed by atoms with Gasteiger partial charge in [0, 0.05) is 17.8 Å². The topological polar surface area (TPSA) is 115 Å². The lowest BCUT2D eigenvalue weighted by molar-refractivity contribution is -0.384. The Morgan fingerprint density at radius 2 is 1.81 bits per heavy atom. The van der Waals surface area contributed by atoms with Crippen LogP contribution in [0, 0.1) is 10.1 Å². The second-order valence-corrected chi connectivity index (χ2v) is 5.64. The van der Waals surface area contributed by atoms with Gasteiger partial charge in [0.05, 0.1) is 4.92 Å². The van der Waals surface area contributed by atoms with E-state index in [2.05, 4.69) is 16.2 Å². The van der Waals surface area contributed by atoms with Crippen LogP contribution < -0.4 is 25.6 Å². The van der Waals surface area contributed by atoms with Crippen LogP contribution in [-0.2, 0) is 4.79 Å². The monoisotopic (exact) mass is 374 g/mol. The molecule has 0 aromatic heterocycles. The molecule has 1 aliphatic rings. The van der Waals surface area contributed by atoms with E-state index in [0.29, 0.717) is 17.2 Å². The maximum absolute atomic E-state index is 12.1. The Bertz CT molecular complexity index is 843. The third kappa shape index (κ3) is 4.16. The van der Waals surface area contributed by atoms with E-state index >= 15 is 0 Å². The molecule has 2 aromatic rings. The van der Waals surface area contributed by atoms with Gasteiger partial charge in [-0.2, -0.15) is 0 Å². The first-order valence-electron chi connectivity index (χ1n) is 7.53. The largest absolute Gasteiger partial charge is 0.485 e. The lowest BCUT2D eigenvalue weighted by Crippen LogP contribution is -2.51. The molecular formula is C16H14N4O5S. The van der Waals surface area contributed by atoms with Crippen molar-refractivity contribution in [1.82, 2.24) is 10.9 Å². The van der Waals surface area contributed by atoms with E-state index in [1.54, 1.807) is 18.2 Å². The molecule has 3 N–H and O–H groups in total. The summed E-state index contributed by atoms with van der Waals surface area (Å²) in [7, 11) is 0. The number of thiocarbonyl (C=S) groups is 1. The average Bonchev–Trinajstić information content (AvgIpc) is 2.66. The zero-order valence-corrected chi connectivity index (χ0v) is 14.1. The van der Waals surface area contributed by atoms with E-state index in [1.807, 2.05) is 6.07 Å². The summed E-state index contributed by atoms with van der Waals surface area (Å²) < 4.78 is 11.0. The van der Waals surface area contributed by atoms with Crippen molar-refractivity contribution in [2.45, 2.75) is 6.10 Å². The number of hydrogen-bond acceptors (Lipinski definition) is 6. The molecule has 10 heteroatoms. The first-order valence-corrected chi connectivity index (χ1v) is 7.93. The number of hydrogen-bond donors (Lipinski definition) is 3. The summed E-state index contributed by atoms with van der Waals surface area (Å²) in [6, 6.07) is 12.7. The van der Waals surface area contributed by atoms with Crippen molar-refractivity contribution in [1.29, 1.82) is 0 Å². The van der Waals surface area contributed by atoms with E-state index in [0.717, 1.165) is 0 Å². The van der Waals surface area contributed by atoms with Crippen LogP contribution in [0.1, 0.15) is 0 Å². The van der Waals surface area contributed by atoms with Gasteiger partial charge in [-0.05, 0) is 36.5 Å². The van der Waals surface area contributed by atoms with Crippen LogP contribution in [0.2, 0.25) is 0 Å². The number of nitrogens with zero attached hydrogens (tertiary/aromatic N) is 1. The van der Waals surface area contributed by atoms with Gasteiger partial charge in [0.2, 0.25) is 6.10 Å². The highest BCUT2D eigenvalue weighted by Crippen LogP contribution is 2.30. The third-order valence-electron chi connectivity index (χ3n) is 3.44. The summed E-state index contributed by atoms with van der Waals surface area (Å²) in [5.74, 6) is 0.623. The maximum atomic E-state index is 12.1. The lowest BCUT2D eigenvalue weighted by Gasteiger charge is -2.25. The molecule has 1 unspecified atom stereocenters. The van der Waals surface area contributed by atoms with Crippen molar-refractivity contribution in [3.8, 4) is 11.5 Å². The van der Waals surface area contributed by atoms with Crippen molar-refractivity contribution in [3.05, 3.63) is 58.6 Å². The fourth-order valence-electron chi connectivity index (χ4n) is 2.18. The van der Waals surface area contributed by atoms with Crippen LogP contribution in [0.3, 0.4) is 0 Å². The van der Waals surface area contributed by atoms with Gasteiger partial charge in [-0.25, -0.2) is 0 Å². The van der Waals surface area contributed by atoms with Gasteiger partial charge in [0.15, 0.2) is 16.6 Å². The van der Waals surface area contributed by atoms with Crippen LogP contribution in [0.25, 0.3) is 0 Å². The van der Waals surface area contributed by atoms with Crippen LogP contribution >= 0.6 is 12.2 Å². The van der Waals surface area contributed by atoms with Gasteiger partial charge >= 0.3 is 0 Å². The van der Waals surface area contributed by atoms with Gasteiger partial charge in [-0.3, -0.25) is 25.8 Å². The second-order valence-electron chi connectivity index (χ2n) is 5.24. The van der Waals surface area contributed by atoms with Crippen molar-refractivity contribution in [2.75, 3.05) is 11.9 Å². The number of carbonyl (C=O) groups excluding carboxylic acids is 1. The minimum Gasteiger partial charge on any atom is -0.485 e. The number of ether oxygens (including phenoxy) is 2. The minimum absolute atomic E-state index is 0.0301. The van der Waals surface area contributed by atoms with Gasteiger partial charge in [0.25, 0.3) is 11.6 Å². The molecule has 0 aliphatic carbocycles. The van der Waals surface area contributed by atoms with Crippen LogP contribution in [0.15, 0.2) is 48.5 Å². The highest BCUT2D eigenvalue weighted by Gasteiger charge is 2.27. The number of amides is 1. The molecule has 0 saturated carbocycles. The Balaban J connectivity index is 1.48. The molecule has 26 heavy (non-hydrogen) atoms. The molecule has 1 atom stereocenters. The zero-order valence-electron chi connectivity index (χ0n) is 13.3. The fourth-order valence-corrected chi connectivity index (χ4v) is 2.35. The van der Waals surface area contributed by atoms with Gasteiger partial charge in [0.1, 0.15) is 6.61 Å². The quantitative estimate of drug-likeness (QED) is 0.423. The van der Waals surface area contributed by atoms with Crippen molar-refractivity contribution < 1.29 is 19.2 Å². The van der Waals surface area contributed by atoms with Crippen molar-refractivity contribution in [3.63, 3.8) is 0 Å². The SMILES string of the molecule is O=C(NNC(=S)Nc1ccc([N+](=O)[O-])cc1)C1COc2ccccc2O1. The molecule has 0 fully saturated rings. The third-order valence-corrected chi connectivity index (χ3v) is 3.64. The lowest BCUT2D eigenvalue weighted by atomic mass is 10.2. The summed E-state index contributed by atoms with van der Waals surface area (Å²) in [4.78, 5) is 22.3. The number of nitrogens with one attached hydrogen (secondary N) is 3. The Morgan fingerprint density at radius 1 is 1.12 bits per heavy atom. The molecule has 0 bridgehead atoms. The molecule has 1 heterocycles. The number of hydrazine groups is 1. The zero-order chi connectivity index (χ0) is 18.5. The number of nitro groups is 1. The minimum atomic E-state index is -0.820. The summed E-state index contributed by atoms with van der Waals surface area (Å²) in [5, 5.41) is 13.5. The van der Waals surface area contributed by atoms with E-state index in [4.69, 9.17) is 21.7 Å². The Kier molecular flexibility index (Phi) is 5.13. The van der Waals surface area contributed by atoms with Gasteiger partial charge in [-0.15, -0.1) is 0 Å². The number of fused-ring (bicyclic) bond motifs is 1. The smallest absolute Gasteiger partial charge is 0.283 e. The highest BCUT2D eigenvalue weighted by molar-refractivity contribution is 7.80. The molecule has 2 aromatic carbocycles. The number of carbonyl (C=O) groups is 1. The normalized spacial score (nSPS) is 14.8. The highest BCUT2D eigenvalue weighted by atomic mass is 32.1. The number of rotatable bonds is 3. The number of non-ortho nitro benzene ring substituents is 1. The van der Waals surface area contributed by atoms with E-state index in [-0.39, 0.29) is 17.4 Å². The maximum Gasteiger partial charge on any atom is 0.283 e. The van der Waals surface area contributed by atoms with E-state index < -0.39 is 16.9 Å². The molecule has 0 spiro atoms. The van der Waals surface area contributed by atoms with Gasteiger partial charge in [-0.1, -0.05) is 12.1 Å². The molecule has 9 nitrogen and oxygen atoms in total. The predicted molar refractivity (Wildman–Crippen MR) is 96.9 cm³/mol. The van der Waals surface area contributed by atoms with Gasteiger partial charge < -0.3 is 14.8 Å². The Labute approximate surface area is 153 Å². The first kappa shape index (κ1) is 17.4. The van der Waals surface area contributed by atoms with Crippen molar-refractivity contribution in [2.24, 2.45) is 0 Å². The molecule has 3 rings (SSSR count). The Hall–Kier alpha value is -3.40. The van der Waals surface area contributed by atoms with Crippen LogP contribution in [-0.4, -0.2) is 28.7 Å². The summed E-state index contributed by atoms with van der Waals surface area (Å²) in [6.07, 6.45) is -0.820. The summed E-state index contributed by atoms with van der Waals surface area (Å²) in [6.45, 7) is 0.0765. The second kappa shape index (κ2) is 7.66. The number of nitro benzene ring substituents is 1. The molecule has 0 saturated heterocycles. The first-order chi connectivity index (χ1) is 12.5. The van der Waals surface area contributed by atoms with E-state index in [1.165, 1.54) is 24.3 Å². The number of para-hydroxylation sites is 2. The average molecular weight is 374 g/mol. The number of anilines is 1. The Morgan fingerprint density at radius 3 is 2.50 bits per heavy atom. The summed E-state index contributed by atoms with van der Waals surface area (Å²) in [5.41, 5.74) is 5.47. The van der Waals surface area contributed by atoms with Crippen LogP contribution in [0.4, 0.5) is 11.4 Å². The van der Waals surface area contributed by atoms with Crippen molar-refractivity contribution >= 4 is 34.6 Å². The molecule has 0 radical (unpaired) electrons. The fraction of sp³-hybridized carbons (Fsp3) is 0.125. The standard InChI is InChI=1S/C16H14N4O5S/c21-15(14-9-24-12-3-1-2-4-13(12)25-14)18-19-16(26)17-10-5-7-11(8-6-10)20(22)23/h1-8,14H,9H2,(H,18,21)(H2,17,19,26).